The molecule has 1 amide bonds. The fraction of sp³-hybridized carbons (Fsp3) is 0.0714. The van der Waals surface area contributed by atoms with Gasteiger partial charge in [0.15, 0.2) is 0 Å². The number of halogens is 2. The molecule has 3 N–H and O–H groups in total. The van der Waals surface area contributed by atoms with E-state index in [1.165, 1.54) is 30.3 Å². The van der Waals surface area contributed by atoms with Crippen molar-refractivity contribution in [1.82, 2.24) is 5.32 Å². The molecule has 2 aromatic carbocycles. The lowest BCUT2D eigenvalue weighted by molar-refractivity contribution is 0.0951. The van der Waals surface area contributed by atoms with Crippen molar-refractivity contribution in [2.24, 2.45) is 0 Å². The van der Waals surface area contributed by atoms with Crippen LogP contribution in [-0.2, 0) is 6.54 Å². The van der Waals surface area contributed by atoms with Crippen LogP contribution in [-0.4, -0.2) is 5.91 Å². The molecule has 0 aliphatic carbocycles. The number of nitrogens with two attached hydrogens (primary N) is 1. The zero-order valence-electron chi connectivity index (χ0n) is 9.99. The number of benzene rings is 2. The van der Waals surface area contributed by atoms with E-state index in [-0.39, 0.29) is 23.6 Å². The smallest absolute Gasteiger partial charge is 0.253 e. The molecule has 98 valence electrons. The third-order valence-corrected chi connectivity index (χ3v) is 2.66. The number of para-hydroxylation sites is 1. The summed E-state index contributed by atoms with van der Waals surface area (Å²) >= 11 is 0. The van der Waals surface area contributed by atoms with E-state index in [1.54, 1.807) is 12.1 Å². The van der Waals surface area contributed by atoms with Crippen molar-refractivity contribution in [3.8, 4) is 0 Å². The van der Waals surface area contributed by atoms with E-state index in [1.807, 2.05) is 0 Å². The van der Waals surface area contributed by atoms with Crippen molar-refractivity contribution in [1.29, 1.82) is 0 Å². The van der Waals surface area contributed by atoms with Crippen molar-refractivity contribution in [2.75, 3.05) is 5.73 Å². The summed E-state index contributed by atoms with van der Waals surface area (Å²) in [6.45, 7) is 0.217. The van der Waals surface area contributed by atoms with E-state index < -0.39 is 11.7 Å². The zero-order valence-corrected chi connectivity index (χ0v) is 9.99. The highest BCUT2D eigenvalue weighted by atomic mass is 19.1. The third-order valence-electron chi connectivity index (χ3n) is 2.66. The topological polar surface area (TPSA) is 55.1 Å². The summed E-state index contributed by atoms with van der Waals surface area (Å²) in [5.41, 5.74) is 6.13. The van der Waals surface area contributed by atoms with Crippen LogP contribution in [0.15, 0.2) is 42.5 Å². The summed E-state index contributed by atoms with van der Waals surface area (Å²) in [6.07, 6.45) is 0. The second kappa shape index (κ2) is 5.48. The maximum absolute atomic E-state index is 13.2. The number of nitrogen functional groups attached to an aromatic ring is 1. The number of carbonyl (C=O) groups is 1. The Hall–Kier alpha value is -2.43. The summed E-state index contributed by atoms with van der Waals surface area (Å²) in [5, 5.41) is 2.59. The Bertz CT molecular complexity index is 597. The fourth-order valence-electron chi connectivity index (χ4n) is 1.61. The summed E-state index contributed by atoms with van der Waals surface area (Å²) in [4.78, 5) is 11.8. The van der Waals surface area contributed by atoms with E-state index in [4.69, 9.17) is 5.73 Å². The molecule has 0 fully saturated rings. The molecule has 0 spiro atoms. The second-order valence-corrected chi connectivity index (χ2v) is 4.01. The van der Waals surface area contributed by atoms with Gasteiger partial charge in [-0.2, -0.15) is 0 Å². The van der Waals surface area contributed by atoms with Crippen molar-refractivity contribution < 1.29 is 13.6 Å². The van der Waals surface area contributed by atoms with E-state index in [2.05, 4.69) is 5.32 Å². The number of carbonyl (C=O) groups excluding carboxylic acids is 1. The van der Waals surface area contributed by atoms with Gasteiger partial charge in [-0.25, -0.2) is 8.78 Å². The van der Waals surface area contributed by atoms with Crippen LogP contribution < -0.4 is 11.1 Å². The molecule has 2 aromatic rings. The maximum Gasteiger partial charge on any atom is 0.253 e. The monoisotopic (exact) mass is 262 g/mol. The minimum absolute atomic E-state index is 0.0853. The van der Waals surface area contributed by atoms with Gasteiger partial charge in [-0.1, -0.05) is 18.2 Å². The van der Waals surface area contributed by atoms with Crippen molar-refractivity contribution in [3.63, 3.8) is 0 Å². The van der Waals surface area contributed by atoms with E-state index >= 15 is 0 Å². The quantitative estimate of drug-likeness (QED) is 0.835. The van der Waals surface area contributed by atoms with E-state index in [0.29, 0.717) is 0 Å². The minimum atomic E-state index is -0.630. The van der Waals surface area contributed by atoms with Crippen molar-refractivity contribution in [3.05, 3.63) is 65.2 Å². The Labute approximate surface area is 109 Å². The van der Waals surface area contributed by atoms with Crippen LogP contribution in [0.2, 0.25) is 0 Å². The first-order valence-electron chi connectivity index (χ1n) is 5.64. The van der Waals surface area contributed by atoms with Crippen LogP contribution in [0.3, 0.4) is 0 Å². The molecular weight excluding hydrogens is 250 g/mol. The van der Waals surface area contributed by atoms with Gasteiger partial charge in [-0.15, -0.1) is 0 Å². The predicted octanol–water partition coefficient (Wildman–Crippen LogP) is 2.48. The lowest BCUT2D eigenvalue weighted by Crippen LogP contribution is -2.24. The summed E-state index contributed by atoms with van der Waals surface area (Å²) < 4.78 is 25.9. The van der Waals surface area contributed by atoms with Crippen LogP contribution in [0.25, 0.3) is 0 Å². The Morgan fingerprint density at radius 2 is 1.79 bits per heavy atom. The molecule has 0 aliphatic rings. The third kappa shape index (κ3) is 3.07. The molecule has 0 aromatic heterocycles. The SMILES string of the molecule is Nc1c(F)cccc1C(=O)NCc1ccc(F)cc1. The summed E-state index contributed by atoms with van der Waals surface area (Å²) in [5.74, 6) is -1.44. The van der Waals surface area contributed by atoms with Gasteiger partial charge in [-0.05, 0) is 29.8 Å². The normalized spacial score (nSPS) is 10.2. The standard InChI is InChI=1S/C14H12F2N2O/c15-10-6-4-9(5-7-10)8-18-14(19)11-2-1-3-12(16)13(11)17/h1-7H,8,17H2,(H,18,19). The number of anilines is 1. The average Bonchev–Trinajstić information content (AvgIpc) is 2.41. The molecule has 19 heavy (non-hydrogen) atoms. The van der Waals surface area contributed by atoms with Gasteiger partial charge < -0.3 is 11.1 Å². The van der Waals surface area contributed by atoms with Crippen LogP contribution in [0.1, 0.15) is 15.9 Å². The van der Waals surface area contributed by atoms with Gasteiger partial charge in [0.05, 0.1) is 11.3 Å². The van der Waals surface area contributed by atoms with E-state index in [9.17, 15) is 13.6 Å². The van der Waals surface area contributed by atoms with E-state index in [0.717, 1.165) is 5.56 Å². The van der Waals surface area contributed by atoms with Gasteiger partial charge in [-0.3, -0.25) is 4.79 Å². The average molecular weight is 262 g/mol. The fourth-order valence-corrected chi connectivity index (χ4v) is 1.61. The molecule has 5 heteroatoms. The van der Waals surface area contributed by atoms with Crippen LogP contribution in [0, 0.1) is 11.6 Å². The van der Waals surface area contributed by atoms with Gasteiger partial charge in [0.2, 0.25) is 0 Å². The van der Waals surface area contributed by atoms with Gasteiger partial charge in [0, 0.05) is 6.54 Å². The number of hydrogen-bond acceptors (Lipinski definition) is 2. The molecule has 0 saturated heterocycles. The van der Waals surface area contributed by atoms with Crippen molar-refractivity contribution in [2.45, 2.75) is 6.54 Å². The highest BCUT2D eigenvalue weighted by Crippen LogP contribution is 2.15. The predicted molar refractivity (Wildman–Crippen MR) is 68.4 cm³/mol. The molecule has 0 aliphatic heterocycles. The number of rotatable bonds is 3. The first kappa shape index (κ1) is 13.0. The van der Waals surface area contributed by atoms with Gasteiger partial charge >= 0.3 is 0 Å². The molecule has 0 unspecified atom stereocenters. The number of nitrogens with one attached hydrogen (secondary N) is 1. The molecule has 0 saturated carbocycles. The molecular formula is C14H12F2N2O. The lowest BCUT2D eigenvalue weighted by Gasteiger charge is -2.08. The second-order valence-electron chi connectivity index (χ2n) is 4.01. The number of hydrogen-bond donors (Lipinski definition) is 2. The Balaban J connectivity index is 2.05. The first-order chi connectivity index (χ1) is 9.08. The summed E-state index contributed by atoms with van der Waals surface area (Å²) in [6, 6.07) is 9.77. The minimum Gasteiger partial charge on any atom is -0.396 e. The molecule has 0 radical (unpaired) electrons. The Morgan fingerprint density at radius 1 is 1.11 bits per heavy atom. The lowest BCUT2D eigenvalue weighted by atomic mass is 10.1. The van der Waals surface area contributed by atoms with Crippen molar-refractivity contribution >= 4 is 11.6 Å². The van der Waals surface area contributed by atoms with Gasteiger partial charge in [0.1, 0.15) is 11.6 Å². The van der Waals surface area contributed by atoms with Crippen LogP contribution >= 0.6 is 0 Å². The Morgan fingerprint density at radius 3 is 2.47 bits per heavy atom. The molecule has 0 atom stereocenters. The maximum atomic E-state index is 13.2. The van der Waals surface area contributed by atoms with Gasteiger partial charge in [0.25, 0.3) is 5.91 Å². The Kier molecular flexibility index (Phi) is 3.75. The highest BCUT2D eigenvalue weighted by molar-refractivity contribution is 5.99. The van der Waals surface area contributed by atoms with Crippen LogP contribution in [0.5, 0.6) is 0 Å². The molecule has 0 bridgehead atoms. The number of amides is 1. The first-order valence-corrected chi connectivity index (χ1v) is 5.64. The molecule has 3 nitrogen and oxygen atoms in total. The summed E-state index contributed by atoms with van der Waals surface area (Å²) in [7, 11) is 0. The largest absolute Gasteiger partial charge is 0.396 e. The zero-order chi connectivity index (χ0) is 13.8. The van der Waals surface area contributed by atoms with Crippen LogP contribution in [0.4, 0.5) is 14.5 Å². The molecule has 2 rings (SSSR count). The molecule has 0 heterocycles. The highest BCUT2D eigenvalue weighted by Gasteiger charge is 2.11.